The summed E-state index contributed by atoms with van der Waals surface area (Å²) in [6.07, 6.45) is 9.45. The molecule has 8 nitrogen and oxygen atoms in total. The van der Waals surface area contributed by atoms with E-state index in [1.54, 1.807) is 24.8 Å². The molecule has 2 saturated heterocycles. The van der Waals surface area contributed by atoms with Crippen molar-refractivity contribution in [3.05, 3.63) is 60.8 Å². The number of carbonyl (C=O) groups is 1. The fraction of sp³-hybridized carbons (Fsp3) is 0.391. The highest BCUT2D eigenvalue weighted by Crippen LogP contribution is 2.51. The number of fused-ring (bicyclic) bond motifs is 1. The molecule has 3 aliphatic rings. The topological polar surface area (TPSA) is 82.4 Å². The predicted octanol–water partition coefficient (Wildman–Crippen LogP) is 2.88. The van der Waals surface area contributed by atoms with Gasteiger partial charge in [0.15, 0.2) is 5.60 Å². The van der Waals surface area contributed by atoms with Gasteiger partial charge in [0.25, 0.3) is 5.91 Å². The minimum Gasteiger partial charge on any atom is -0.490 e. The maximum absolute atomic E-state index is 13.3. The Kier molecular flexibility index (Phi) is 4.11. The van der Waals surface area contributed by atoms with Gasteiger partial charge in [0.1, 0.15) is 18.1 Å². The minimum atomic E-state index is -0.754. The van der Waals surface area contributed by atoms with E-state index in [1.165, 1.54) is 0 Å². The second-order valence-electron chi connectivity index (χ2n) is 8.52. The molecule has 3 fully saturated rings. The van der Waals surface area contributed by atoms with E-state index in [1.807, 2.05) is 47.0 Å². The molecule has 158 valence electrons. The Morgan fingerprint density at radius 2 is 2.06 bits per heavy atom. The molecule has 0 bridgehead atoms. The van der Waals surface area contributed by atoms with Crippen molar-refractivity contribution in [1.29, 1.82) is 0 Å². The zero-order chi connectivity index (χ0) is 21.0. The number of aromatic nitrogens is 4. The third-order valence-corrected chi connectivity index (χ3v) is 6.61. The molecule has 0 unspecified atom stereocenters. The average Bonchev–Trinajstić information content (AvgIpc) is 3.44. The molecule has 2 atom stereocenters. The van der Waals surface area contributed by atoms with Crippen molar-refractivity contribution in [3.63, 3.8) is 0 Å². The number of hydrogen-bond acceptors (Lipinski definition) is 6. The number of nitrogens with zero attached hydrogens (tertiary/aromatic N) is 5. The molecule has 1 aliphatic carbocycles. The van der Waals surface area contributed by atoms with E-state index in [2.05, 4.69) is 15.1 Å². The van der Waals surface area contributed by atoms with Crippen LogP contribution >= 0.6 is 0 Å². The SMILES string of the molecule is Cn1nccc1-c1cccc(OC2CC3(C2)O[C@@H]2CC[C@@H](c4cnccn4)N2C3=O)c1. The van der Waals surface area contributed by atoms with E-state index in [9.17, 15) is 4.79 Å². The Labute approximate surface area is 179 Å². The molecule has 1 aromatic carbocycles. The summed E-state index contributed by atoms with van der Waals surface area (Å²) in [5, 5.41) is 4.23. The number of carbonyl (C=O) groups excluding carboxylic acids is 1. The van der Waals surface area contributed by atoms with Gasteiger partial charge >= 0.3 is 0 Å². The molecule has 0 N–H and O–H groups in total. The van der Waals surface area contributed by atoms with Crippen LogP contribution in [0.1, 0.15) is 37.4 Å². The third kappa shape index (κ3) is 2.93. The fourth-order valence-electron chi connectivity index (χ4n) is 5.09. The molecule has 2 aromatic heterocycles. The molecule has 8 heteroatoms. The summed E-state index contributed by atoms with van der Waals surface area (Å²) in [7, 11) is 1.92. The maximum atomic E-state index is 13.3. The minimum absolute atomic E-state index is 0.0410. The lowest BCUT2D eigenvalue weighted by atomic mass is 9.76. The van der Waals surface area contributed by atoms with E-state index >= 15 is 0 Å². The first-order valence-corrected chi connectivity index (χ1v) is 10.6. The van der Waals surface area contributed by atoms with Crippen molar-refractivity contribution in [2.24, 2.45) is 7.05 Å². The summed E-state index contributed by atoms with van der Waals surface area (Å²) in [6.45, 7) is 0. The van der Waals surface area contributed by atoms with Crippen LogP contribution in [0.15, 0.2) is 55.1 Å². The molecular formula is C23H23N5O3. The van der Waals surface area contributed by atoms with Gasteiger partial charge in [0.2, 0.25) is 0 Å². The first kappa shape index (κ1) is 18.5. The summed E-state index contributed by atoms with van der Waals surface area (Å²) in [4.78, 5) is 23.8. The Balaban J connectivity index is 1.15. The summed E-state index contributed by atoms with van der Waals surface area (Å²) >= 11 is 0. The van der Waals surface area contributed by atoms with E-state index < -0.39 is 5.60 Å². The van der Waals surface area contributed by atoms with Gasteiger partial charge in [-0.15, -0.1) is 0 Å². The van der Waals surface area contributed by atoms with E-state index in [-0.39, 0.29) is 24.3 Å². The lowest BCUT2D eigenvalue weighted by Gasteiger charge is -2.42. The van der Waals surface area contributed by atoms with E-state index in [0.717, 1.165) is 35.5 Å². The largest absolute Gasteiger partial charge is 0.490 e. The van der Waals surface area contributed by atoms with Crippen LogP contribution in [-0.4, -0.2) is 48.5 Å². The van der Waals surface area contributed by atoms with Gasteiger partial charge in [0.05, 0.1) is 23.6 Å². The molecule has 0 radical (unpaired) electrons. The summed E-state index contributed by atoms with van der Waals surface area (Å²) in [5.41, 5.74) is 2.15. The van der Waals surface area contributed by atoms with Crippen molar-refractivity contribution in [2.45, 2.75) is 49.7 Å². The normalized spacial score (nSPS) is 29.3. The third-order valence-electron chi connectivity index (χ3n) is 6.61. The highest BCUT2D eigenvalue weighted by Gasteiger charge is 2.63. The summed E-state index contributed by atoms with van der Waals surface area (Å²) in [5.74, 6) is 0.857. The van der Waals surface area contributed by atoms with Crippen LogP contribution in [0.2, 0.25) is 0 Å². The van der Waals surface area contributed by atoms with Crippen LogP contribution in [-0.2, 0) is 16.6 Å². The van der Waals surface area contributed by atoms with Crippen LogP contribution in [0.5, 0.6) is 5.75 Å². The van der Waals surface area contributed by atoms with Gasteiger partial charge < -0.3 is 14.4 Å². The number of benzene rings is 1. The van der Waals surface area contributed by atoms with Crippen molar-refractivity contribution >= 4 is 5.91 Å². The first-order chi connectivity index (χ1) is 15.1. The van der Waals surface area contributed by atoms with Gasteiger partial charge in [0, 0.05) is 44.0 Å². The lowest BCUT2D eigenvalue weighted by molar-refractivity contribution is -0.162. The number of ether oxygens (including phenoxy) is 2. The molecular weight excluding hydrogens is 394 g/mol. The van der Waals surface area contributed by atoms with Gasteiger partial charge in [-0.2, -0.15) is 5.10 Å². The molecule has 1 spiro atoms. The van der Waals surface area contributed by atoms with Crippen molar-refractivity contribution < 1.29 is 14.3 Å². The molecule has 31 heavy (non-hydrogen) atoms. The molecule has 2 aliphatic heterocycles. The number of rotatable bonds is 4. The van der Waals surface area contributed by atoms with Crippen LogP contribution < -0.4 is 4.74 Å². The van der Waals surface area contributed by atoms with Crippen LogP contribution in [0, 0.1) is 0 Å². The van der Waals surface area contributed by atoms with Crippen molar-refractivity contribution in [2.75, 3.05) is 0 Å². The van der Waals surface area contributed by atoms with E-state index in [4.69, 9.17) is 9.47 Å². The Morgan fingerprint density at radius 3 is 2.84 bits per heavy atom. The van der Waals surface area contributed by atoms with Crippen LogP contribution in [0.3, 0.4) is 0 Å². The average molecular weight is 417 g/mol. The Bertz CT molecular complexity index is 1130. The van der Waals surface area contributed by atoms with Gasteiger partial charge in [-0.1, -0.05) is 12.1 Å². The standard InChI is InChI=1S/C23H23N5O3/c1-27-19(7-8-26-27)15-3-2-4-16(11-15)30-17-12-23(13-17)22(29)28-20(5-6-21(28)31-23)18-14-24-9-10-25-18/h2-4,7-11,14,17,20-21H,5-6,12-13H2,1H3/t17?,20-,21+,23?/m0/s1. The second-order valence-corrected chi connectivity index (χ2v) is 8.52. The quantitative estimate of drug-likeness (QED) is 0.649. The highest BCUT2D eigenvalue weighted by atomic mass is 16.6. The molecule has 4 heterocycles. The van der Waals surface area contributed by atoms with Gasteiger partial charge in [-0.3, -0.25) is 19.4 Å². The predicted molar refractivity (Wildman–Crippen MR) is 111 cm³/mol. The molecule has 1 amide bonds. The fourth-order valence-corrected chi connectivity index (χ4v) is 5.09. The lowest BCUT2D eigenvalue weighted by Crippen LogP contribution is -2.56. The summed E-state index contributed by atoms with van der Waals surface area (Å²) < 4.78 is 14.3. The summed E-state index contributed by atoms with van der Waals surface area (Å²) in [6, 6.07) is 9.90. The first-order valence-electron chi connectivity index (χ1n) is 10.6. The van der Waals surface area contributed by atoms with Crippen molar-refractivity contribution in [1.82, 2.24) is 24.6 Å². The highest BCUT2D eigenvalue weighted by molar-refractivity contribution is 5.89. The monoisotopic (exact) mass is 417 g/mol. The zero-order valence-electron chi connectivity index (χ0n) is 17.2. The molecule has 6 rings (SSSR count). The second kappa shape index (κ2) is 6.88. The number of aryl methyl sites for hydroxylation is 1. The van der Waals surface area contributed by atoms with Gasteiger partial charge in [-0.05, 0) is 31.0 Å². The van der Waals surface area contributed by atoms with E-state index in [0.29, 0.717) is 12.8 Å². The molecule has 3 aromatic rings. The Hall–Kier alpha value is -3.26. The zero-order valence-corrected chi connectivity index (χ0v) is 17.2. The molecule has 1 saturated carbocycles. The van der Waals surface area contributed by atoms with Gasteiger partial charge in [-0.25, -0.2) is 0 Å². The van der Waals surface area contributed by atoms with Crippen LogP contribution in [0.4, 0.5) is 0 Å². The maximum Gasteiger partial charge on any atom is 0.257 e. The van der Waals surface area contributed by atoms with Crippen LogP contribution in [0.25, 0.3) is 11.3 Å². The number of hydrogen-bond donors (Lipinski definition) is 0. The van der Waals surface area contributed by atoms with Crippen molar-refractivity contribution in [3.8, 4) is 17.0 Å². The smallest absolute Gasteiger partial charge is 0.257 e. The Morgan fingerprint density at radius 1 is 1.16 bits per heavy atom. The number of amides is 1.